The maximum absolute atomic E-state index is 13.3. The summed E-state index contributed by atoms with van der Waals surface area (Å²) in [6, 6.07) is 5.05. The summed E-state index contributed by atoms with van der Waals surface area (Å²) in [5.41, 5.74) is 0.401. The highest BCUT2D eigenvalue weighted by molar-refractivity contribution is 9.10. The zero-order valence-corrected chi connectivity index (χ0v) is 10.8. The monoisotopic (exact) mass is 287 g/mol. The number of hydrogen-bond donors (Lipinski definition) is 1. The Morgan fingerprint density at radius 3 is 2.81 bits per heavy atom. The van der Waals surface area contributed by atoms with Crippen molar-refractivity contribution in [2.24, 2.45) is 0 Å². The van der Waals surface area contributed by atoms with Crippen LogP contribution < -0.4 is 0 Å². The summed E-state index contributed by atoms with van der Waals surface area (Å²) < 4.78 is 13.8. The summed E-state index contributed by atoms with van der Waals surface area (Å²) >= 11 is 3.24. The van der Waals surface area contributed by atoms with E-state index in [2.05, 4.69) is 20.8 Å². The average molecular weight is 288 g/mol. The molecule has 0 spiro atoms. The zero-order chi connectivity index (χ0) is 11.8. The van der Waals surface area contributed by atoms with Gasteiger partial charge in [-0.2, -0.15) is 0 Å². The lowest BCUT2D eigenvalue weighted by Crippen LogP contribution is -2.60. The van der Waals surface area contributed by atoms with Crippen LogP contribution in [0, 0.1) is 5.82 Å². The van der Waals surface area contributed by atoms with E-state index in [1.165, 1.54) is 6.07 Å². The molecule has 0 unspecified atom stereocenters. The van der Waals surface area contributed by atoms with Gasteiger partial charge in [0.2, 0.25) is 0 Å². The highest BCUT2D eigenvalue weighted by Gasteiger charge is 2.39. The van der Waals surface area contributed by atoms with Crippen LogP contribution in [-0.4, -0.2) is 28.7 Å². The number of nitrogens with zero attached hydrogens (tertiary/aromatic N) is 1. The molecule has 1 heterocycles. The Labute approximate surface area is 103 Å². The van der Waals surface area contributed by atoms with Gasteiger partial charge < -0.3 is 5.11 Å². The van der Waals surface area contributed by atoms with E-state index in [0.29, 0.717) is 24.1 Å². The topological polar surface area (TPSA) is 23.5 Å². The van der Waals surface area contributed by atoms with Gasteiger partial charge in [-0.05, 0) is 34.0 Å². The molecular weight excluding hydrogens is 273 g/mol. The van der Waals surface area contributed by atoms with Crippen molar-refractivity contribution in [3.8, 4) is 0 Å². The smallest absolute Gasteiger partial charge is 0.137 e. The largest absolute Gasteiger partial charge is 0.387 e. The number of aliphatic hydroxyl groups is 1. The van der Waals surface area contributed by atoms with Crippen LogP contribution in [0.1, 0.15) is 18.9 Å². The number of halogens is 2. The van der Waals surface area contributed by atoms with Crippen LogP contribution in [-0.2, 0) is 6.54 Å². The molecule has 2 nitrogen and oxygen atoms in total. The highest BCUT2D eigenvalue weighted by atomic mass is 79.9. The second kappa shape index (κ2) is 4.43. The molecule has 0 atom stereocenters. The van der Waals surface area contributed by atoms with Gasteiger partial charge in [0.15, 0.2) is 0 Å². The normalized spacial score (nSPS) is 19.5. The van der Waals surface area contributed by atoms with E-state index in [0.717, 1.165) is 12.0 Å². The van der Waals surface area contributed by atoms with Gasteiger partial charge >= 0.3 is 0 Å². The molecule has 0 amide bonds. The van der Waals surface area contributed by atoms with Crippen molar-refractivity contribution < 1.29 is 9.50 Å². The molecule has 1 aromatic carbocycles. The van der Waals surface area contributed by atoms with Crippen molar-refractivity contribution in [2.75, 3.05) is 13.1 Å². The average Bonchev–Trinajstić information content (AvgIpc) is 2.22. The van der Waals surface area contributed by atoms with Crippen molar-refractivity contribution in [1.29, 1.82) is 0 Å². The fourth-order valence-electron chi connectivity index (χ4n) is 2.03. The van der Waals surface area contributed by atoms with Crippen molar-refractivity contribution in [3.63, 3.8) is 0 Å². The third kappa shape index (κ3) is 2.29. The molecule has 0 aliphatic carbocycles. The Kier molecular flexibility index (Phi) is 3.33. The van der Waals surface area contributed by atoms with Crippen LogP contribution in [0.15, 0.2) is 22.7 Å². The minimum atomic E-state index is -0.528. The Hall–Kier alpha value is -0.450. The molecule has 1 aliphatic heterocycles. The number of β-amino-alcohol motifs (C(OH)–C–C–N with tert-alkyl or cyclic N) is 1. The minimum absolute atomic E-state index is 0.233. The lowest BCUT2D eigenvalue weighted by molar-refractivity contribution is -0.103. The van der Waals surface area contributed by atoms with E-state index < -0.39 is 5.60 Å². The molecule has 1 aliphatic rings. The van der Waals surface area contributed by atoms with Crippen molar-refractivity contribution in [3.05, 3.63) is 34.1 Å². The third-order valence-electron chi connectivity index (χ3n) is 3.12. The van der Waals surface area contributed by atoms with E-state index in [1.54, 1.807) is 6.07 Å². The molecule has 0 saturated carbocycles. The Balaban J connectivity index is 1.99. The number of rotatable bonds is 3. The number of benzene rings is 1. The van der Waals surface area contributed by atoms with Crippen LogP contribution in [0.5, 0.6) is 0 Å². The van der Waals surface area contributed by atoms with Crippen molar-refractivity contribution in [1.82, 2.24) is 4.90 Å². The van der Waals surface area contributed by atoms with Gasteiger partial charge in [0.05, 0.1) is 10.1 Å². The predicted octanol–water partition coefficient (Wildman–Crippen LogP) is 2.54. The van der Waals surface area contributed by atoms with Crippen molar-refractivity contribution >= 4 is 15.9 Å². The van der Waals surface area contributed by atoms with Gasteiger partial charge in [0.25, 0.3) is 0 Å². The summed E-state index contributed by atoms with van der Waals surface area (Å²) in [5, 5.41) is 9.86. The molecule has 16 heavy (non-hydrogen) atoms. The summed E-state index contributed by atoms with van der Waals surface area (Å²) in [7, 11) is 0. The molecule has 4 heteroatoms. The Morgan fingerprint density at radius 2 is 2.19 bits per heavy atom. The van der Waals surface area contributed by atoms with E-state index in [4.69, 9.17) is 0 Å². The van der Waals surface area contributed by atoms with Crippen LogP contribution >= 0.6 is 15.9 Å². The summed E-state index contributed by atoms with van der Waals surface area (Å²) in [6.07, 6.45) is 0.772. The van der Waals surface area contributed by atoms with Crippen LogP contribution in [0.3, 0.4) is 0 Å². The SMILES string of the molecule is CCC1(O)CN(Cc2cccc(F)c2Br)C1. The van der Waals surface area contributed by atoms with Crippen molar-refractivity contribution in [2.45, 2.75) is 25.5 Å². The molecule has 0 radical (unpaired) electrons. The van der Waals surface area contributed by atoms with Gasteiger partial charge in [0, 0.05) is 19.6 Å². The lowest BCUT2D eigenvalue weighted by Gasteiger charge is -2.46. The summed E-state index contributed by atoms with van der Waals surface area (Å²) in [4.78, 5) is 2.11. The first kappa shape index (κ1) is 12.0. The number of hydrogen-bond acceptors (Lipinski definition) is 2. The molecule has 0 aromatic heterocycles. The van der Waals surface area contributed by atoms with E-state index in [9.17, 15) is 9.50 Å². The van der Waals surface area contributed by atoms with E-state index in [1.807, 2.05) is 13.0 Å². The van der Waals surface area contributed by atoms with E-state index >= 15 is 0 Å². The Morgan fingerprint density at radius 1 is 1.50 bits per heavy atom. The summed E-state index contributed by atoms with van der Waals surface area (Å²) in [6.45, 7) is 4.01. The first-order valence-corrected chi connectivity index (χ1v) is 6.21. The third-order valence-corrected chi connectivity index (χ3v) is 4.01. The van der Waals surface area contributed by atoms with Gasteiger partial charge in [-0.25, -0.2) is 4.39 Å². The molecule has 88 valence electrons. The fourth-order valence-corrected chi connectivity index (χ4v) is 2.42. The number of likely N-dealkylation sites (tertiary alicyclic amines) is 1. The Bertz CT molecular complexity index is 391. The van der Waals surface area contributed by atoms with Gasteiger partial charge in [-0.15, -0.1) is 0 Å². The quantitative estimate of drug-likeness (QED) is 0.924. The molecule has 1 fully saturated rings. The first-order chi connectivity index (χ1) is 7.54. The van der Waals surface area contributed by atoms with Gasteiger partial charge in [0.1, 0.15) is 5.82 Å². The summed E-state index contributed by atoms with van der Waals surface area (Å²) in [5.74, 6) is -0.233. The van der Waals surface area contributed by atoms with Crippen LogP contribution in [0.25, 0.3) is 0 Å². The molecule has 1 saturated heterocycles. The maximum atomic E-state index is 13.3. The van der Waals surface area contributed by atoms with Crippen LogP contribution in [0.2, 0.25) is 0 Å². The minimum Gasteiger partial charge on any atom is -0.387 e. The molecule has 1 aromatic rings. The molecule has 1 N–H and O–H groups in total. The maximum Gasteiger partial charge on any atom is 0.137 e. The van der Waals surface area contributed by atoms with Gasteiger partial charge in [-0.3, -0.25) is 4.90 Å². The molecule has 2 rings (SSSR count). The standard InChI is InChI=1S/C12H15BrFNO/c1-2-12(16)7-15(8-12)6-9-4-3-5-10(14)11(9)13/h3-5,16H,2,6-8H2,1H3. The van der Waals surface area contributed by atoms with E-state index in [-0.39, 0.29) is 5.82 Å². The first-order valence-electron chi connectivity index (χ1n) is 5.42. The molecule has 0 bridgehead atoms. The van der Waals surface area contributed by atoms with Crippen LogP contribution in [0.4, 0.5) is 4.39 Å². The zero-order valence-electron chi connectivity index (χ0n) is 9.21. The fraction of sp³-hybridized carbons (Fsp3) is 0.500. The molecular formula is C12H15BrFNO. The highest BCUT2D eigenvalue weighted by Crippen LogP contribution is 2.28. The predicted molar refractivity (Wildman–Crippen MR) is 64.6 cm³/mol. The second-order valence-electron chi connectivity index (χ2n) is 4.44. The van der Waals surface area contributed by atoms with Gasteiger partial charge in [-0.1, -0.05) is 19.1 Å². The second-order valence-corrected chi connectivity index (χ2v) is 5.23. The lowest BCUT2D eigenvalue weighted by atomic mass is 9.91.